The average molecular weight is 267 g/mol. The molecule has 4 nitrogen and oxygen atoms in total. The summed E-state index contributed by atoms with van der Waals surface area (Å²) >= 11 is 6.08. The number of hydrogen-bond donors (Lipinski definition) is 1. The van der Waals surface area contributed by atoms with Crippen LogP contribution in [0.5, 0.6) is 5.75 Å². The highest BCUT2D eigenvalue weighted by molar-refractivity contribution is 6.32. The number of rotatable bonds is 4. The van der Waals surface area contributed by atoms with Gasteiger partial charge < -0.3 is 14.5 Å². The molecular formula is C13H15ClN2O2. The van der Waals surface area contributed by atoms with Crippen molar-refractivity contribution in [1.29, 1.82) is 0 Å². The molecule has 0 aliphatic carbocycles. The van der Waals surface area contributed by atoms with Crippen molar-refractivity contribution >= 4 is 17.6 Å². The Bertz CT molecular complexity index is 552. The largest absolute Gasteiger partial charge is 0.495 e. The first-order valence-electron chi connectivity index (χ1n) is 5.60. The Morgan fingerprint density at radius 3 is 2.78 bits per heavy atom. The quantitative estimate of drug-likeness (QED) is 0.923. The van der Waals surface area contributed by atoms with Gasteiger partial charge in [0.25, 0.3) is 6.01 Å². The van der Waals surface area contributed by atoms with E-state index < -0.39 is 0 Å². The smallest absolute Gasteiger partial charge is 0.294 e. The molecule has 1 heterocycles. The fourth-order valence-electron chi connectivity index (χ4n) is 1.70. The summed E-state index contributed by atoms with van der Waals surface area (Å²) in [7, 11) is 3.37. The molecule has 1 aromatic carbocycles. The topological polar surface area (TPSA) is 47.3 Å². The third-order valence-corrected chi connectivity index (χ3v) is 2.98. The van der Waals surface area contributed by atoms with E-state index in [1.807, 2.05) is 25.1 Å². The van der Waals surface area contributed by atoms with E-state index in [4.69, 9.17) is 20.8 Å². The van der Waals surface area contributed by atoms with Gasteiger partial charge in [-0.05, 0) is 24.6 Å². The van der Waals surface area contributed by atoms with E-state index in [0.717, 1.165) is 17.0 Å². The summed E-state index contributed by atoms with van der Waals surface area (Å²) in [5, 5.41) is 3.48. The molecule has 0 spiro atoms. The van der Waals surface area contributed by atoms with E-state index in [1.54, 1.807) is 14.2 Å². The number of anilines is 1. The van der Waals surface area contributed by atoms with Crippen molar-refractivity contribution in [2.75, 3.05) is 19.5 Å². The predicted octanol–water partition coefficient (Wildman–Crippen LogP) is 3.28. The summed E-state index contributed by atoms with van der Waals surface area (Å²) in [4.78, 5) is 4.25. The first kappa shape index (κ1) is 12.8. The van der Waals surface area contributed by atoms with Crippen LogP contribution in [0.1, 0.15) is 17.0 Å². The highest BCUT2D eigenvalue weighted by atomic mass is 35.5. The maximum atomic E-state index is 6.08. The Hall–Kier alpha value is -1.68. The summed E-state index contributed by atoms with van der Waals surface area (Å²) in [6.07, 6.45) is 0.657. The van der Waals surface area contributed by atoms with Gasteiger partial charge in [0.15, 0.2) is 0 Å². The van der Waals surface area contributed by atoms with Crippen LogP contribution in [0.4, 0.5) is 6.01 Å². The summed E-state index contributed by atoms with van der Waals surface area (Å²) in [5.74, 6) is 1.51. The highest BCUT2D eigenvalue weighted by Crippen LogP contribution is 2.27. The number of benzene rings is 1. The zero-order valence-corrected chi connectivity index (χ0v) is 11.3. The van der Waals surface area contributed by atoms with Crippen molar-refractivity contribution in [3.63, 3.8) is 0 Å². The van der Waals surface area contributed by atoms with Crippen molar-refractivity contribution in [3.8, 4) is 5.75 Å². The van der Waals surface area contributed by atoms with Crippen LogP contribution in [-0.4, -0.2) is 19.1 Å². The molecule has 1 N–H and O–H groups in total. The number of nitrogens with zero attached hydrogens (tertiary/aromatic N) is 1. The van der Waals surface area contributed by atoms with E-state index in [0.29, 0.717) is 23.2 Å². The van der Waals surface area contributed by atoms with Gasteiger partial charge in [0.1, 0.15) is 11.5 Å². The SMILES string of the molecule is CNc1nc(C)c(Cc2ccc(OC)c(Cl)c2)o1. The number of methoxy groups -OCH3 is 1. The first-order valence-corrected chi connectivity index (χ1v) is 5.98. The molecule has 0 bridgehead atoms. The number of hydrogen-bond acceptors (Lipinski definition) is 4. The molecule has 2 aromatic rings. The molecule has 1 aromatic heterocycles. The molecule has 0 unspecified atom stereocenters. The molecule has 5 heteroatoms. The first-order chi connectivity index (χ1) is 8.63. The predicted molar refractivity (Wildman–Crippen MR) is 71.6 cm³/mol. The molecule has 0 radical (unpaired) electrons. The van der Waals surface area contributed by atoms with E-state index in [-0.39, 0.29) is 0 Å². The van der Waals surface area contributed by atoms with Gasteiger partial charge in [-0.25, -0.2) is 0 Å². The van der Waals surface area contributed by atoms with Crippen molar-refractivity contribution < 1.29 is 9.15 Å². The lowest BCUT2D eigenvalue weighted by atomic mass is 10.1. The molecule has 2 rings (SSSR count). The van der Waals surface area contributed by atoms with Gasteiger partial charge in [-0.1, -0.05) is 17.7 Å². The Kier molecular flexibility index (Phi) is 3.77. The molecule has 0 aliphatic heterocycles. The monoisotopic (exact) mass is 266 g/mol. The van der Waals surface area contributed by atoms with E-state index in [2.05, 4.69) is 10.3 Å². The number of ether oxygens (including phenoxy) is 1. The zero-order chi connectivity index (χ0) is 13.1. The van der Waals surface area contributed by atoms with Crippen LogP contribution in [-0.2, 0) is 6.42 Å². The van der Waals surface area contributed by atoms with Crippen LogP contribution in [0.15, 0.2) is 22.6 Å². The molecule has 0 fully saturated rings. The van der Waals surface area contributed by atoms with Gasteiger partial charge >= 0.3 is 0 Å². The molecular weight excluding hydrogens is 252 g/mol. The minimum Gasteiger partial charge on any atom is -0.495 e. The number of nitrogens with one attached hydrogen (secondary N) is 1. The third kappa shape index (κ3) is 2.59. The Labute approximate surface area is 111 Å². The van der Waals surface area contributed by atoms with Crippen LogP contribution in [0.25, 0.3) is 0 Å². The Morgan fingerprint density at radius 2 is 2.22 bits per heavy atom. The van der Waals surface area contributed by atoms with Gasteiger partial charge in [0.2, 0.25) is 0 Å². The number of oxazole rings is 1. The minimum absolute atomic E-state index is 0.530. The zero-order valence-electron chi connectivity index (χ0n) is 10.6. The average Bonchev–Trinajstić information content (AvgIpc) is 2.70. The number of aromatic nitrogens is 1. The standard InChI is InChI=1S/C13H15ClN2O2/c1-8-12(18-13(15-2)16-8)7-9-4-5-11(17-3)10(14)6-9/h4-6H,7H2,1-3H3,(H,15,16). The lowest BCUT2D eigenvalue weighted by Gasteiger charge is -2.05. The maximum Gasteiger partial charge on any atom is 0.294 e. The van der Waals surface area contributed by atoms with Crippen LogP contribution >= 0.6 is 11.6 Å². The van der Waals surface area contributed by atoms with E-state index in [1.165, 1.54) is 0 Å². The molecule has 0 aliphatic rings. The van der Waals surface area contributed by atoms with Crippen LogP contribution in [0.3, 0.4) is 0 Å². The number of halogens is 1. The van der Waals surface area contributed by atoms with E-state index >= 15 is 0 Å². The van der Waals surface area contributed by atoms with Crippen LogP contribution < -0.4 is 10.1 Å². The van der Waals surface area contributed by atoms with Gasteiger partial charge in [-0.2, -0.15) is 4.98 Å². The Morgan fingerprint density at radius 1 is 1.44 bits per heavy atom. The van der Waals surface area contributed by atoms with Gasteiger partial charge in [-0.15, -0.1) is 0 Å². The second-order valence-corrected chi connectivity index (χ2v) is 4.33. The van der Waals surface area contributed by atoms with Crippen molar-refractivity contribution in [2.45, 2.75) is 13.3 Å². The molecule has 0 saturated heterocycles. The van der Waals surface area contributed by atoms with E-state index in [9.17, 15) is 0 Å². The molecule has 0 atom stereocenters. The van der Waals surface area contributed by atoms with Crippen molar-refractivity contribution in [1.82, 2.24) is 4.98 Å². The molecule has 18 heavy (non-hydrogen) atoms. The van der Waals surface area contributed by atoms with Crippen LogP contribution in [0.2, 0.25) is 5.02 Å². The van der Waals surface area contributed by atoms with Crippen molar-refractivity contribution in [3.05, 3.63) is 40.2 Å². The molecule has 0 saturated carbocycles. The summed E-state index contributed by atoms with van der Waals surface area (Å²) < 4.78 is 10.7. The fourth-order valence-corrected chi connectivity index (χ4v) is 1.98. The molecule has 96 valence electrons. The second kappa shape index (κ2) is 5.31. The van der Waals surface area contributed by atoms with Gasteiger partial charge in [0, 0.05) is 13.5 Å². The number of aryl methyl sites for hydroxylation is 1. The fraction of sp³-hybridized carbons (Fsp3) is 0.308. The normalized spacial score (nSPS) is 10.4. The lowest BCUT2D eigenvalue weighted by molar-refractivity contribution is 0.415. The maximum absolute atomic E-state index is 6.08. The van der Waals surface area contributed by atoms with Crippen molar-refractivity contribution in [2.24, 2.45) is 0 Å². The highest BCUT2D eigenvalue weighted by Gasteiger charge is 2.10. The third-order valence-electron chi connectivity index (χ3n) is 2.69. The summed E-state index contributed by atoms with van der Waals surface area (Å²) in [6.45, 7) is 1.92. The lowest BCUT2D eigenvalue weighted by Crippen LogP contribution is -1.91. The summed E-state index contributed by atoms with van der Waals surface area (Å²) in [5.41, 5.74) is 1.94. The summed E-state index contributed by atoms with van der Waals surface area (Å²) in [6, 6.07) is 6.22. The van der Waals surface area contributed by atoms with Gasteiger partial charge in [0.05, 0.1) is 17.8 Å². The van der Waals surface area contributed by atoms with Gasteiger partial charge in [-0.3, -0.25) is 0 Å². The minimum atomic E-state index is 0.530. The van der Waals surface area contributed by atoms with Crippen LogP contribution in [0, 0.1) is 6.92 Å². The second-order valence-electron chi connectivity index (χ2n) is 3.92. The molecule has 0 amide bonds. The Balaban J connectivity index is 2.22.